The molecule has 0 aliphatic heterocycles. The van der Waals surface area contributed by atoms with Crippen LogP contribution < -0.4 is 0 Å². The average molecular weight is 222 g/mol. The minimum atomic E-state index is -0.0396. The van der Waals surface area contributed by atoms with Gasteiger partial charge in [0.05, 0.1) is 6.10 Å². The second-order valence-corrected chi connectivity index (χ2v) is 6.36. The minimum Gasteiger partial charge on any atom is -0.393 e. The van der Waals surface area contributed by atoms with Gasteiger partial charge in [0.2, 0.25) is 0 Å². The predicted molar refractivity (Wildman–Crippen MR) is 68.1 cm³/mol. The van der Waals surface area contributed by atoms with Gasteiger partial charge in [-0.25, -0.2) is 0 Å². The average Bonchev–Trinajstić information content (AvgIpc) is 2.22. The molecule has 16 heavy (non-hydrogen) atoms. The molecule has 1 nitrogen and oxygen atoms in total. The first-order chi connectivity index (χ1) is 7.50. The van der Waals surface area contributed by atoms with Crippen molar-refractivity contribution in [2.45, 2.75) is 52.6 Å². The molecule has 2 aliphatic carbocycles. The van der Waals surface area contributed by atoms with Gasteiger partial charge in [-0.05, 0) is 62.2 Å². The quantitative estimate of drug-likeness (QED) is 0.672. The van der Waals surface area contributed by atoms with Crippen molar-refractivity contribution >= 4 is 0 Å². The van der Waals surface area contributed by atoms with Gasteiger partial charge >= 0.3 is 0 Å². The van der Waals surface area contributed by atoms with Gasteiger partial charge in [-0.3, -0.25) is 0 Å². The minimum absolute atomic E-state index is 0.0396. The van der Waals surface area contributed by atoms with E-state index in [1.165, 1.54) is 24.8 Å². The molecule has 6 atom stereocenters. The largest absolute Gasteiger partial charge is 0.393 e. The Balaban J connectivity index is 2.16. The highest BCUT2D eigenvalue weighted by atomic mass is 16.3. The van der Waals surface area contributed by atoms with Crippen molar-refractivity contribution in [3.05, 3.63) is 12.2 Å². The van der Waals surface area contributed by atoms with Crippen molar-refractivity contribution in [1.29, 1.82) is 0 Å². The molecule has 0 aromatic rings. The van der Waals surface area contributed by atoms with Crippen molar-refractivity contribution < 1.29 is 5.11 Å². The standard InChI is InChI=1S/C15H26O/c1-9(2)12-7-11(4)15-13(8-12)10(3)5-6-14(15)16/h10-16H,1,5-8H2,2-4H3/t10?,11-,12?,13?,14?,15?/m0/s1. The van der Waals surface area contributed by atoms with E-state index in [0.29, 0.717) is 17.8 Å². The summed E-state index contributed by atoms with van der Waals surface area (Å²) in [6, 6.07) is 0. The van der Waals surface area contributed by atoms with Gasteiger partial charge in [0, 0.05) is 0 Å². The zero-order chi connectivity index (χ0) is 11.9. The molecule has 2 fully saturated rings. The monoisotopic (exact) mass is 222 g/mol. The molecule has 0 spiro atoms. The molecule has 0 heterocycles. The van der Waals surface area contributed by atoms with Gasteiger partial charge in [0.25, 0.3) is 0 Å². The Kier molecular flexibility index (Phi) is 3.44. The lowest BCUT2D eigenvalue weighted by atomic mass is 9.58. The molecular formula is C15H26O. The lowest BCUT2D eigenvalue weighted by Crippen LogP contribution is -2.45. The molecule has 0 amide bonds. The molecule has 0 bridgehead atoms. The molecule has 0 saturated heterocycles. The van der Waals surface area contributed by atoms with E-state index in [2.05, 4.69) is 27.4 Å². The maximum absolute atomic E-state index is 10.2. The third kappa shape index (κ3) is 2.07. The second-order valence-electron chi connectivity index (χ2n) is 6.36. The summed E-state index contributed by atoms with van der Waals surface area (Å²) in [5, 5.41) is 10.2. The van der Waals surface area contributed by atoms with Gasteiger partial charge in [-0.2, -0.15) is 0 Å². The van der Waals surface area contributed by atoms with E-state index in [1.54, 1.807) is 0 Å². The molecule has 2 saturated carbocycles. The van der Waals surface area contributed by atoms with Gasteiger partial charge in [-0.1, -0.05) is 26.0 Å². The summed E-state index contributed by atoms with van der Waals surface area (Å²) in [5.41, 5.74) is 1.34. The van der Waals surface area contributed by atoms with Crippen LogP contribution in [0.15, 0.2) is 12.2 Å². The molecule has 1 heteroatoms. The fourth-order valence-corrected chi connectivity index (χ4v) is 4.13. The van der Waals surface area contributed by atoms with Crippen LogP contribution in [0.2, 0.25) is 0 Å². The van der Waals surface area contributed by atoms with Crippen LogP contribution >= 0.6 is 0 Å². The lowest BCUT2D eigenvalue weighted by Gasteiger charge is -2.49. The summed E-state index contributed by atoms with van der Waals surface area (Å²) < 4.78 is 0. The highest BCUT2D eigenvalue weighted by Crippen LogP contribution is 2.49. The van der Waals surface area contributed by atoms with Gasteiger partial charge < -0.3 is 5.11 Å². The highest BCUT2D eigenvalue weighted by Gasteiger charge is 2.44. The molecule has 2 aliphatic rings. The zero-order valence-corrected chi connectivity index (χ0v) is 10.9. The lowest BCUT2D eigenvalue weighted by molar-refractivity contribution is -0.0528. The van der Waals surface area contributed by atoms with Crippen molar-refractivity contribution in [2.24, 2.45) is 29.6 Å². The summed E-state index contributed by atoms with van der Waals surface area (Å²) in [7, 11) is 0. The third-order valence-electron chi connectivity index (χ3n) is 5.15. The number of hydrogen-bond donors (Lipinski definition) is 1. The Morgan fingerprint density at radius 2 is 1.81 bits per heavy atom. The smallest absolute Gasteiger partial charge is 0.0573 e. The summed E-state index contributed by atoms with van der Waals surface area (Å²) in [5.74, 6) is 3.44. The predicted octanol–water partition coefficient (Wildman–Crippen LogP) is 3.63. The molecule has 0 aromatic heterocycles. The maximum atomic E-state index is 10.2. The topological polar surface area (TPSA) is 20.2 Å². The number of hydrogen-bond acceptors (Lipinski definition) is 1. The SMILES string of the molecule is C=C(C)C1CC2C(C)CCC(O)C2[C@@H](C)C1. The van der Waals surface area contributed by atoms with Crippen LogP contribution in [0.1, 0.15) is 46.5 Å². The van der Waals surface area contributed by atoms with Crippen LogP contribution in [0.25, 0.3) is 0 Å². The Morgan fingerprint density at radius 1 is 1.12 bits per heavy atom. The number of allylic oxidation sites excluding steroid dienone is 1. The fraction of sp³-hybridized carbons (Fsp3) is 0.867. The number of aliphatic hydroxyl groups is 1. The van der Waals surface area contributed by atoms with Crippen LogP contribution in [0.3, 0.4) is 0 Å². The van der Waals surface area contributed by atoms with Crippen LogP contribution in [0.5, 0.6) is 0 Å². The van der Waals surface area contributed by atoms with E-state index in [0.717, 1.165) is 18.3 Å². The van der Waals surface area contributed by atoms with Gasteiger partial charge in [0.1, 0.15) is 0 Å². The molecule has 0 aromatic carbocycles. The van der Waals surface area contributed by atoms with Crippen LogP contribution in [-0.2, 0) is 0 Å². The van der Waals surface area contributed by atoms with E-state index in [9.17, 15) is 5.11 Å². The van der Waals surface area contributed by atoms with Gasteiger partial charge in [0.15, 0.2) is 0 Å². The summed E-state index contributed by atoms with van der Waals surface area (Å²) >= 11 is 0. The van der Waals surface area contributed by atoms with E-state index in [1.807, 2.05) is 0 Å². The zero-order valence-electron chi connectivity index (χ0n) is 10.9. The Labute approximate surface area is 99.9 Å². The fourth-order valence-electron chi connectivity index (χ4n) is 4.13. The molecule has 2 rings (SSSR count). The third-order valence-corrected chi connectivity index (χ3v) is 5.15. The molecule has 5 unspecified atom stereocenters. The summed E-state index contributed by atoms with van der Waals surface area (Å²) in [6.45, 7) is 11.0. The molecule has 92 valence electrons. The summed E-state index contributed by atoms with van der Waals surface area (Å²) in [6.07, 6.45) is 4.69. The first-order valence-corrected chi connectivity index (χ1v) is 6.84. The van der Waals surface area contributed by atoms with Crippen LogP contribution in [-0.4, -0.2) is 11.2 Å². The van der Waals surface area contributed by atoms with Crippen molar-refractivity contribution in [1.82, 2.24) is 0 Å². The van der Waals surface area contributed by atoms with E-state index in [-0.39, 0.29) is 6.10 Å². The Hall–Kier alpha value is -0.300. The number of rotatable bonds is 1. The first kappa shape index (κ1) is 12.2. The maximum Gasteiger partial charge on any atom is 0.0573 e. The molecule has 1 N–H and O–H groups in total. The van der Waals surface area contributed by atoms with Gasteiger partial charge in [-0.15, -0.1) is 0 Å². The van der Waals surface area contributed by atoms with E-state index >= 15 is 0 Å². The number of aliphatic hydroxyl groups excluding tert-OH is 1. The highest BCUT2D eigenvalue weighted by molar-refractivity contribution is 5.03. The normalized spacial score (nSPS) is 48.5. The van der Waals surface area contributed by atoms with Crippen LogP contribution in [0, 0.1) is 29.6 Å². The number of fused-ring (bicyclic) bond motifs is 1. The Bertz CT molecular complexity index is 271. The molecular weight excluding hydrogens is 196 g/mol. The Morgan fingerprint density at radius 3 is 2.44 bits per heavy atom. The summed E-state index contributed by atoms with van der Waals surface area (Å²) in [4.78, 5) is 0. The first-order valence-electron chi connectivity index (χ1n) is 6.84. The second kappa shape index (κ2) is 4.52. The van der Waals surface area contributed by atoms with E-state index in [4.69, 9.17) is 0 Å². The van der Waals surface area contributed by atoms with Crippen molar-refractivity contribution in [3.8, 4) is 0 Å². The van der Waals surface area contributed by atoms with Crippen LogP contribution in [0.4, 0.5) is 0 Å². The van der Waals surface area contributed by atoms with Crippen molar-refractivity contribution in [2.75, 3.05) is 0 Å². The molecule has 0 radical (unpaired) electrons. The van der Waals surface area contributed by atoms with Crippen molar-refractivity contribution in [3.63, 3.8) is 0 Å². The van der Waals surface area contributed by atoms with E-state index < -0.39 is 0 Å².